The van der Waals surface area contributed by atoms with Gasteiger partial charge in [0.1, 0.15) is 6.10 Å². The normalized spacial score (nSPS) is 30.7. The van der Waals surface area contributed by atoms with E-state index < -0.39 is 0 Å². The number of rotatable bonds is 12. The highest BCUT2D eigenvalue weighted by Gasteiger charge is 2.43. The first-order valence-electron chi connectivity index (χ1n) is 12.4. The van der Waals surface area contributed by atoms with Crippen LogP contribution in [-0.2, 0) is 23.8 Å². The lowest BCUT2D eigenvalue weighted by atomic mass is 9.84. The SMILES string of the molecule is CCC[C@H](C[C@@H]1CC[C@H]([C@@H](C)[C@H](OC(C)=O)[C@H](C)[C@@H]2CC[C@H]([C@@H](C)C(=O)Cl)O2)O1)N(C)C. The first-order valence-corrected chi connectivity index (χ1v) is 12.8. The summed E-state index contributed by atoms with van der Waals surface area (Å²) in [5, 5.41) is -0.363. The zero-order valence-corrected chi connectivity index (χ0v) is 21.8. The van der Waals surface area contributed by atoms with Crippen LogP contribution < -0.4 is 0 Å². The van der Waals surface area contributed by atoms with E-state index in [-0.39, 0.29) is 59.5 Å². The maximum absolute atomic E-state index is 11.9. The fourth-order valence-electron chi connectivity index (χ4n) is 5.42. The van der Waals surface area contributed by atoms with Gasteiger partial charge < -0.3 is 19.1 Å². The number of carbonyl (C=O) groups is 2. The molecule has 0 bridgehead atoms. The molecule has 6 nitrogen and oxygen atoms in total. The van der Waals surface area contributed by atoms with Gasteiger partial charge in [-0.25, -0.2) is 0 Å². The number of esters is 1. The lowest BCUT2D eigenvalue weighted by molar-refractivity contribution is -0.161. The van der Waals surface area contributed by atoms with Crippen molar-refractivity contribution >= 4 is 22.8 Å². The monoisotopic (exact) mass is 473 g/mol. The Morgan fingerprint density at radius 2 is 1.56 bits per heavy atom. The molecule has 0 aromatic rings. The maximum Gasteiger partial charge on any atom is 0.302 e. The standard InChI is InChI=1S/C25H44ClNO5/c1-8-9-19(27(6)7)14-20-10-11-21(31-20)15(2)24(30-18(5)28)16(3)22-12-13-23(32-22)17(4)25(26)29/h15-17,19-24H,8-14H2,1-7H3/t15-,16-,17-,19-,20+,21-,22+,23-,24+/m1/s1. The fraction of sp³-hybridized carbons (Fsp3) is 0.920. The Morgan fingerprint density at radius 1 is 1.00 bits per heavy atom. The molecule has 2 heterocycles. The van der Waals surface area contributed by atoms with Crippen LogP contribution in [0.5, 0.6) is 0 Å². The van der Waals surface area contributed by atoms with Crippen LogP contribution in [0.1, 0.15) is 79.6 Å². The highest BCUT2D eigenvalue weighted by molar-refractivity contribution is 6.64. The van der Waals surface area contributed by atoms with Crippen LogP contribution in [0.25, 0.3) is 0 Å². The van der Waals surface area contributed by atoms with Crippen molar-refractivity contribution in [2.75, 3.05) is 14.1 Å². The molecular formula is C25H44ClNO5. The molecular weight excluding hydrogens is 430 g/mol. The average molecular weight is 474 g/mol. The molecule has 7 heteroatoms. The van der Waals surface area contributed by atoms with Crippen molar-refractivity contribution < 1.29 is 23.8 Å². The number of carbonyl (C=O) groups excluding carboxylic acids is 2. The molecule has 0 amide bonds. The van der Waals surface area contributed by atoms with E-state index in [9.17, 15) is 9.59 Å². The first-order chi connectivity index (χ1) is 15.0. The van der Waals surface area contributed by atoms with Crippen molar-refractivity contribution in [2.45, 2.75) is 116 Å². The van der Waals surface area contributed by atoms with Crippen molar-refractivity contribution in [3.63, 3.8) is 0 Å². The molecule has 9 atom stereocenters. The quantitative estimate of drug-likeness (QED) is 0.299. The molecule has 32 heavy (non-hydrogen) atoms. The predicted octanol–water partition coefficient (Wildman–Crippen LogP) is 4.81. The largest absolute Gasteiger partial charge is 0.462 e. The van der Waals surface area contributed by atoms with Crippen LogP contribution in [0.15, 0.2) is 0 Å². The van der Waals surface area contributed by atoms with Crippen LogP contribution in [0, 0.1) is 17.8 Å². The van der Waals surface area contributed by atoms with Crippen LogP contribution in [-0.4, -0.2) is 66.8 Å². The van der Waals surface area contributed by atoms with Crippen molar-refractivity contribution in [3.05, 3.63) is 0 Å². The average Bonchev–Trinajstić information content (AvgIpc) is 3.39. The van der Waals surface area contributed by atoms with Crippen molar-refractivity contribution in [3.8, 4) is 0 Å². The van der Waals surface area contributed by atoms with Gasteiger partial charge in [0.25, 0.3) is 0 Å². The van der Waals surface area contributed by atoms with Gasteiger partial charge in [-0.1, -0.05) is 34.1 Å². The van der Waals surface area contributed by atoms with E-state index in [1.807, 2.05) is 6.92 Å². The van der Waals surface area contributed by atoms with E-state index in [0.29, 0.717) is 6.04 Å². The Labute approximate surface area is 199 Å². The Morgan fingerprint density at radius 3 is 2.09 bits per heavy atom. The second-order valence-corrected chi connectivity index (χ2v) is 10.6. The highest BCUT2D eigenvalue weighted by Crippen LogP contribution is 2.38. The summed E-state index contributed by atoms with van der Waals surface area (Å²) in [7, 11) is 4.28. The molecule has 0 saturated carbocycles. The Kier molecular flexibility index (Phi) is 10.9. The Bertz CT molecular complexity index is 615. The highest BCUT2D eigenvalue weighted by atomic mass is 35.5. The third kappa shape index (κ3) is 7.41. The van der Waals surface area contributed by atoms with Gasteiger partial charge in [-0.3, -0.25) is 9.59 Å². The number of hydrogen-bond acceptors (Lipinski definition) is 6. The van der Waals surface area contributed by atoms with E-state index in [1.165, 1.54) is 13.3 Å². The van der Waals surface area contributed by atoms with Gasteiger partial charge in [0, 0.05) is 24.8 Å². The van der Waals surface area contributed by atoms with Gasteiger partial charge >= 0.3 is 5.97 Å². The fourth-order valence-corrected chi connectivity index (χ4v) is 5.56. The summed E-state index contributed by atoms with van der Waals surface area (Å²) in [5.41, 5.74) is 0. The summed E-state index contributed by atoms with van der Waals surface area (Å²) in [6.07, 6.45) is 6.81. The van der Waals surface area contributed by atoms with E-state index in [1.54, 1.807) is 0 Å². The van der Waals surface area contributed by atoms with Crippen molar-refractivity contribution in [1.29, 1.82) is 0 Å². The molecule has 0 aromatic carbocycles. The van der Waals surface area contributed by atoms with Crippen molar-refractivity contribution in [2.24, 2.45) is 17.8 Å². The number of ether oxygens (including phenoxy) is 3. The molecule has 2 aliphatic heterocycles. The molecule has 0 aromatic heterocycles. The van der Waals surface area contributed by atoms with Gasteiger partial charge in [0.05, 0.1) is 30.3 Å². The summed E-state index contributed by atoms with van der Waals surface area (Å²) in [5.74, 6) is -0.533. The van der Waals surface area contributed by atoms with E-state index >= 15 is 0 Å². The number of halogens is 1. The van der Waals surface area contributed by atoms with E-state index in [4.69, 9.17) is 25.8 Å². The molecule has 2 fully saturated rings. The number of hydrogen-bond donors (Lipinski definition) is 0. The molecule has 2 saturated heterocycles. The van der Waals surface area contributed by atoms with E-state index in [2.05, 4.69) is 39.8 Å². The maximum atomic E-state index is 11.9. The summed E-state index contributed by atoms with van der Waals surface area (Å²) in [6, 6.07) is 0.526. The minimum atomic E-state index is -0.363. The third-order valence-corrected chi connectivity index (χ3v) is 7.88. The van der Waals surface area contributed by atoms with Crippen LogP contribution in [0.2, 0.25) is 0 Å². The molecule has 0 N–H and O–H groups in total. The van der Waals surface area contributed by atoms with Crippen molar-refractivity contribution in [1.82, 2.24) is 4.90 Å². The summed E-state index contributed by atoms with van der Waals surface area (Å²) < 4.78 is 18.5. The second-order valence-electron chi connectivity index (χ2n) is 10.2. The van der Waals surface area contributed by atoms with Crippen LogP contribution in [0.3, 0.4) is 0 Å². The summed E-state index contributed by atoms with van der Waals surface area (Å²) >= 11 is 5.68. The smallest absolute Gasteiger partial charge is 0.302 e. The zero-order valence-electron chi connectivity index (χ0n) is 21.0. The van der Waals surface area contributed by atoms with Gasteiger partial charge in [-0.2, -0.15) is 0 Å². The lowest BCUT2D eigenvalue weighted by Gasteiger charge is -2.35. The zero-order chi connectivity index (χ0) is 24.0. The molecule has 2 aliphatic rings. The van der Waals surface area contributed by atoms with Gasteiger partial charge in [-0.15, -0.1) is 0 Å². The van der Waals surface area contributed by atoms with Gasteiger partial charge in [0.2, 0.25) is 5.24 Å². The Hall–Kier alpha value is -0.690. The second kappa shape index (κ2) is 12.7. The molecule has 0 aliphatic carbocycles. The lowest BCUT2D eigenvalue weighted by Crippen LogP contribution is -2.42. The van der Waals surface area contributed by atoms with E-state index in [0.717, 1.165) is 38.5 Å². The minimum absolute atomic E-state index is 0.00814. The molecule has 186 valence electrons. The molecule has 0 radical (unpaired) electrons. The predicted molar refractivity (Wildman–Crippen MR) is 127 cm³/mol. The van der Waals surface area contributed by atoms with Crippen LogP contribution >= 0.6 is 11.6 Å². The summed E-state index contributed by atoms with van der Waals surface area (Å²) in [6.45, 7) is 9.71. The third-order valence-electron chi connectivity index (χ3n) is 7.54. The number of nitrogens with zero attached hydrogens (tertiary/aromatic N) is 1. The first kappa shape index (κ1) is 27.6. The Balaban J connectivity index is 2.01. The van der Waals surface area contributed by atoms with Gasteiger partial charge in [0.15, 0.2) is 0 Å². The molecule has 0 unspecified atom stereocenters. The van der Waals surface area contributed by atoms with Crippen LogP contribution in [0.4, 0.5) is 0 Å². The summed E-state index contributed by atoms with van der Waals surface area (Å²) in [4.78, 5) is 25.8. The molecule has 2 rings (SSSR count). The topological polar surface area (TPSA) is 65.1 Å². The molecule has 0 spiro atoms. The van der Waals surface area contributed by atoms with Gasteiger partial charge in [-0.05, 0) is 64.2 Å². The minimum Gasteiger partial charge on any atom is -0.462 e.